The molecule has 0 unspecified atom stereocenters. The van der Waals surface area contributed by atoms with E-state index in [9.17, 15) is 14.3 Å². The summed E-state index contributed by atoms with van der Waals surface area (Å²) in [7, 11) is 0. The molecule has 2 heterocycles. The number of halogens is 2. The molecule has 2 aromatic carbocycles. The first-order valence-electron chi connectivity index (χ1n) is 9.93. The van der Waals surface area contributed by atoms with Crippen molar-refractivity contribution < 1.29 is 14.2 Å². The van der Waals surface area contributed by atoms with Crippen LogP contribution in [-0.2, 0) is 0 Å². The van der Waals surface area contributed by atoms with Crippen molar-refractivity contribution in [2.24, 2.45) is 0 Å². The fourth-order valence-electron chi connectivity index (χ4n) is 3.58. The highest BCUT2D eigenvalue weighted by Crippen LogP contribution is 2.27. The minimum absolute atomic E-state index is 0.00187. The number of rotatable bonds is 6. The summed E-state index contributed by atoms with van der Waals surface area (Å²) in [5, 5.41) is 10.2. The van der Waals surface area contributed by atoms with Crippen molar-refractivity contribution in [1.82, 2.24) is 14.1 Å². The molecule has 0 spiro atoms. The van der Waals surface area contributed by atoms with Crippen LogP contribution in [0.2, 0.25) is 5.02 Å². The average molecular weight is 454 g/mol. The van der Waals surface area contributed by atoms with Gasteiger partial charge in [-0.15, -0.1) is 0 Å². The summed E-state index contributed by atoms with van der Waals surface area (Å²) in [6.07, 6.45) is 5.05. The van der Waals surface area contributed by atoms with Gasteiger partial charge in [0.2, 0.25) is 0 Å². The van der Waals surface area contributed by atoms with Gasteiger partial charge in [0.1, 0.15) is 11.6 Å². The Morgan fingerprint density at radius 2 is 1.97 bits per heavy atom. The van der Waals surface area contributed by atoms with Crippen molar-refractivity contribution >= 4 is 11.6 Å². The topological polar surface area (TPSA) is 69.3 Å². The van der Waals surface area contributed by atoms with Crippen LogP contribution in [0.3, 0.4) is 0 Å². The average Bonchev–Trinajstić information content (AvgIpc) is 3.18. The molecule has 0 aliphatic rings. The minimum atomic E-state index is -0.812. The molecular weight excluding hydrogens is 433 g/mol. The van der Waals surface area contributed by atoms with Gasteiger partial charge in [0.05, 0.1) is 29.7 Å². The Balaban J connectivity index is 1.69. The van der Waals surface area contributed by atoms with Crippen LogP contribution in [-0.4, -0.2) is 25.8 Å². The van der Waals surface area contributed by atoms with E-state index in [0.29, 0.717) is 11.3 Å². The van der Waals surface area contributed by atoms with Gasteiger partial charge in [-0.2, -0.15) is 0 Å². The van der Waals surface area contributed by atoms with Crippen LogP contribution >= 0.6 is 11.6 Å². The van der Waals surface area contributed by atoms with Crippen molar-refractivity contribution in [3.63, 3.8) is 0 Å². The number of aryl methyl sites for hydroxylation is 2. The maximum Gasteiger partial charge on any atom is 0.294 e. The molecule has 32 heavy (non-hydrogen) atoms. The van der Waals surface area contributed by atoms with Gasteiger partial charge >= 0.3 is 0 Å². The Bertz CT molecular complexity index is 1330. The Labute approximate surface area is 189 Å². The first-order valence-corrected chi connectivity index (χ1v) is 10.3. The molecular formula is C24H21ClFN3O3. The van der Waals surface area contributed by atoms with Gasteiger partial charge in [-0.1, -0.05) is 23.7 Å². The van der Waals surface area contributed by atoms with Crippen molar-refractivity contribution in [1.29, 1.82) is 0 Å². The molecule has 0 bridgehead atoms. The third kappa shape index (κ3) is 4.44. The first-order chi connectivity index (χ1) is 15.4. The van der Waals surface area contributed by atoms with E-state index in [0.717, 1.165) is 16.9 Å². The molecule has 164 valence electrons. The quantitative estimate of drug-likeness (QED) is 0.454. The predicted octanol–water partition coefficient (Wildman–Crippen LogP) is 4.82. The number of nitrogens with zero attached hydrogens (tertiary/aromatic N) is 3. The lowest BCUT2D eigenvalue weighted by atomic mass is 10.1. The van der Waals surface area contributed by atoms with Crippen molar-refractivity contribution in [3.8, 4) is 17.2 Å². The number of aliphatic hydroxyl groups excluding tert-OH is 1. The van der Waals surface area contributed by atoms with Gasteiger partial charge in [-0.25, -0.2) is 9.37 Å². The second-order valence-electron chi connectivity index (χ2n) is 7.46. The number of hydrogen-bond donors (Lipinski definition) is 1. The van der Waals surface area contributed by atoms with Crippen molar-refractivity contribution in [2.75, 3.05) is 6.61 Å². The summed E-state index contributed by atoms with van der Waals surface area (Å²) in [6.45, 7) is 3.43. The second-order valence-corrected chi connectivity index (χ2v) is 7.90. The third-order valence-electron chi connectivity index (χ3n) is 5.10. The Morgan fingerprint density at radius 3 is 2.62 bits per heavy atom. The maximum atomic E-state index is 13.7. The number of ether oxygens (including phenoxy) is 1. The van der Waals surface area contributed by atoms with Crippen molar-refractivity contribution in [3.05, 3.63) is 105 Å². The molecule has 0 fully saturated rings. The molecule has 1 atom stereocenters. The van der Waals surface area contributed by atoms with E-state index in [4.69, 9.17) is 16.3 Å². The predicted molar refractivity (Wildman–Crippen MR) is 120 cm³/mol. The number of aromatic nitrogens is 3. The van der Waals surface area contributed by atoms with Gasteiger partial charge in [0.25, 0.3) is 5.56 Å². The Morgan fingerprint density at radius 1 is 1.16 bits per heavy atom. The molecule has 8 heteroatoms. The third-order valence-corrected chi connectivity index (χ3v) is 5.31. The highest BCUT2D eigenvalue weighted by atomic mass is 35.5. The summed E-state index contributed by atoms with van der Waals surface area (Å²) in [6, 6.07) is 11.8. The fraction of sp³-hybridized carbons (Fsp3) is 0.167. The number of pyridine rings is 1. The molecule has 0 aliphatic heterocycles. The van der Waals surface area contributed by atoms with Crippen LogP contribution in [0.5, 0.6) is 11.5 Å². The van der Waals surface area contributed by atoms with Crippen LogP contribution in [0.4, 0.5) is 4.39 Å². The lowest BCUT2D eigenvalue weighted by Gasteiger charge is -2.19. The van der Waals surface area contributed by atoms with E-state index < -0.39 is 24.0 Å². The number of aliphatic hydroxyl groups is 1. The molecule has 0 aliphatic carbocycles. The van der Waals surface area contributed by atoms with E-state index in [1.807, 2.05) is 36.7 Å². The first kappa shape index (κ1) is 21.8. The maximum absolute atomic E-state index is 13.7. The zero-order valence-corrected chi connectivity index (χ0v) is 18.3. The smallest absolute Gasteiger partial charge is 0.294 e. The molecule has 0 saturated carbocycles. The largest absolute Gasteiger partial charge is 0.451 e. The normalized spacial score (nSPS) is 12.0. The second kappa shape index (κ2) is 8.98. The van der Waals surface area contributed by atoms with Crippen LogP contribution in [0.1, 0.15) is 22.9 Å². The summed E-state index contributed by atoms with van der Waals surface area (Å²) in [4.78, 5) is 17.4. The molecule has 4 aromatic rings. The highest BCUT2D eigenvalue weighted by molar-refractivity contribution is 6.30. The van der Waals surface area contributed by atoms with Gasteiger partial charge < -0.3 is 19.0 Å². The standard InChI is InChI=1S/C24H21ClFN3O3/c1-15-8-20(6-7-21(15)28-11-16(2)27-14-28)32-23-10-18(25)12-29(24(23)31)22(13-30)17-4-3-5-19(26)9-17/h3-12,14,22,30H,13H2,1-2H3/t22-/m0/s1. The zero-order valence-electron chi connectivity index (χ0n) is 17.5. The molecule has 0 radical (unpaired) electrons. The number of benzene rings is 2. The summed E-state index contributed by atoms with van der Waals surface area (Å²) < 4.78 is 22.7. The summed E-state index contributed by atoms with van der Waals surface area (Å²) >= 11 is 6.24. The van der Waals surface area contributed by atoms with Crippen LogP contribution in [0.25, 0.3) is 5.69 Å². The monoisotopic (exact) mass is 453 g/mol. The molecule has 6 nitrogen and oxygen atoms in total. The van der Waals surface area contributed by atoms with Crippen LogP contribution < -0.4 is 10.3 Å². The van der Waals surface area contributed by atoms with Gasteiger partial charge in [-0.05, 0) is 55.3 Å². The van der Waals surface area contributed by atoms with Gasteiger partial charge in [0.15, 0.2) is 5.75 Å². The van der Waals surface area contributed by atoms with Crippen LogP contribution in [0, 0.1) is 19.7 Å². The highest BCUT2D eigenvalue weighted by Gasteiger charge is 2.19. The summed E-state index contributed by atoms with van der Waals surface area (Å²) in [5.41, 5.74) is 2.72. The molecule has 0 amide bonds. The fourth-order valence-corrected chi connectivity index (χ4v) is 3.78. The van der Waals surface area contributed by atoms with E-state index in [-0.39, 0.29) is 10.8 Å². The summed E-state index contributed by atoms with van der Waals surface area (Å²) in [5.74, 6) is -0.00515. The number of imidazole rings is 1. The Hall–Kier alpha value is -3.42. The molecule has 1 N–H and O–H groups in total. The van der Waals surface area contributed by atoms with E-state index in [1.54, 1.807) is 18.5 Å². The van der Waals surface area contributed by atoms with Crippen molar-refractivity contribution in [2.45, 2.75) is 19.9 Å². The van der Waals surface area contributed by atoms with Gasteiger partial charge in [-0.3, -0.25) is 4.79 Å². The van der Waals surface area contributed by atoms with E-state index in [2.05, 4.69) is 4.98 Å². The number of hydrogen-bond acceptors (Lipinski definition) is 4. The van der Waals surface area contributed by atoms with E-state index in [1.165, 1.54) is 35.0 Å². The van der Waals surface area contributed by atoms with Crippen LogP contribution in [0.15, 0.2) is 72.0 Å². The lowest BCUT2D eigenvalue weighted by Crippen LogP contribution is -2.28. The SMILES string of the molecule is Cc1cn(-c2ccc(Oc3cc(Cl)cn([C@@H](CO)c4cccc(F)c4)c3=O)cc2C)cn1. The molecule has 0 saturated heterocycles. The van der Waals surface area contributed by atoms with E-state index >= 15 is 0 Å². The molecule has 2 aromatic heterocycles. The van der Waals surface area contributed by atoms with Gasteiger partial charge in [0, 0.05) is 24.1 Å². The Kier molecular flexibility index (Phi) is 6.12. The minimum Gasteiger partial charge on any atom is -0.451 e. The molecule has 4 rings (SSSR count). The zero-order chi connectivity index (χ0) is 22.8. The lowest BCUT2D eigenvalue weighted by molar-refractivity contribution is 0.245.